The topological polar surface area (TPSA) is 26.3 Å². The van der Waals surface area contributed by atoms with Crippen LogP contribution in [-0.4, -0.2) is 13.1 Å². The summed E-state index contributed by atoms with van der Waals surface area (Å²) in [6.07, 6.45) is 1.47. The monoisotopic (exact) mass is 316 g/mol. The Morgan fingerprint density at radius 1 is 1.35 bits per heavy atom. The molecule has 1 saturated carbocycles. The average molecular weight is 316 g/mol. The molecule has 0 N–H and O–H groups in total. The number of esters is 1. The Bertz CT molecular complexity index is 697. The molecule has 0 saturated heterocycles. The van der Waals surface area contributed by atoms with Crippen molar-refractivity contribution in [2.75, 3.05) is 7.11 Å². The average Bonchev–Trinajstić information content (AvgIpc) is 2.52. The Labute approximate surface area is 143 Å². The van der Waals surface area contributed by atoms with Crippen molar-refractivity contribution in [3.8, 4) is 0 Å². The lowest BCUT2D eigenvalue weighted by molar-refractivity contribution is -0.161. The maximum atomic E-state index is 12.6. The largest absolute Gasteiger partial charge is 0.469 e. The highest BCUT2D eigenvalue weighted by atomic mass is 16.5. The number of hydrogen-bond acceptors (Lipinski definition) is 2. The van der Waals surface area contributed by atoms with Gasteiger partial charge in [-0.15, -0.1) is 0 Å². The molecule has 2 nitrogen and oxygen atoms in total. The van der Waals surface area contributed by atoms with Gasteiger partial charge >= 0.3 is 5.97 Å². The number of aryl methyl sites for hydroxylation is 1. The molecule has 0 spiro atoms. The second-order valence-electron chi connectivity index (χ2n) is 8.07. The SMILES string of the molecule is [2H]C1([2H])Cc2cc(C(C)C)ccc2[C@@]2(C)CCC[C@@](C)(C(=O)OC)C12. The summed E-state index contributed by atoms with van der Waals surface area (Å²) in [6, 6.07) is 6.55. The second kappa shape index (κ2) is 5.65. The van der Waals surface area contributed by atoms with Crippen LogP contribution in [0.25, 0.3) is 0 Å². The van der Waals surface area contributed by atoms with Gasteiger partial charge in [-0.05, 0) is 66.5 Å². The van der Waals surface area contributed by atoms with E-state index < -0.39 is 11.8 Å². The molecule has 2 aliphatic rings. The highest BCUT2D eigenvalue weighted by Crippen LogP contribution is 2.57. The lowest BCUT2D eigenvalue weighted by Gasteiger charge is -2.54. The fourth-order valence-corrected chi connectivity index (χ4v) is 4.90. The van der Waals surface area contributed by atoms with Crippen molar-refractivity contribution in [3.63, 3.8) is 0 Å². The molecule has 2 heteroatoms. The second-order valence-corrected chi connectivity index (χ2v) is 8.07. The van der Waals surface area contributed by atoms with Gasteiger partial charge in [0.05, 0.1) is 12.5 Å². The molecule has 1 aromatic rings. The normalized spacial score (nSPS) is 36.5. The summed E-state index contributed by atoms with van der Waals surface area (Å²) in [5, 5.41) is 0. The van der Waals surface area contributed by atoms with E-state index in [2.05, 4.69) is 39.0 Å². The number of carbonyl (C=O) groups excluding carboxylic acids is 1. The molecular formula is C21H30O2. The third kappa shape index (κ3) is 2.42. The van der Waals surface area contributed by atoms with E-state index in [1.807, 2.05) is 6.92 Å². The minimum absolute atomic E-state index is 0.269. The van der Waals surface area contributed by atoms with Gasteiger partial charge in [-0.3, -0.25) is 4.79 Å². The van der Waals surface area contributed by atoms with Gasteiger partial charge < -0.3 is 4.74 Å². The smallest absolute Gasteiger partial charge is 0.311 e. The van der Waals surface area contributed by atoms with Crippen LogP contribution in [0.5, 0.6) is 0 Å². The molecule has 3 rings (SSSR count). The number of methoxy groups -OCH3 is 1. The Kier molecular flexibility index (Phi) is 3.45. The van der Waals surface area contributed by atoms with Gasteiger partial charge in [-0.2, -0.15) is 0 Å². The Morgan fingerprint density at radius 3 is 2.74 bits per heavy atom. The van der Waals surface area contributed by atoms with E-state index in [9.17, 15) is 4.79 Å². The molecule has 2 aliphatic carbocycles. The van der Waals surface area contributed by atoms with Crippen LogP contribution in [0.2, 0.25) is 0 Å². The summed E-state index contributed by atoms with van der Waals surface area (Å²) in [6.45, 7) is 8.40. The first-order chi connectivity index (χ1) is 11.6. The van der Waals surface area contributed by atoms with Crippen LogP contribution in [0.3, 0.4) is 0 Å². The van der Waals surface area contributed by atoms with E-state index in [0.29, 0.717) is 18.8 Å². The van der Waals surface area contributed by atoms with Gasteiger partial charge in [0.25, 0.3) is 0 Å². The van der Waals surface area contributed by atoms with E-state index in [1.54, 1.807) is 0 Å². The quantitative estimate of drug-likeness (QED) is 0.718. The Morgan fingerprint density at radius 2 is 2.09 bits per heavy atom. The van der Waals surface area contributed by atoms with Gasteiger partial charge in [0.15, 0.2) is 0 Å². The van der Waals surface area contributed by atoms with Gasteiger partial charge in [0, 0.05) is 2.74 Å². The fraction of sp³-hybridized carbons (Fsp3) is 0.667. The predicted octanol–water partition coefficient (Wildman–Crippen LogP) is 4.99. The lowest BCUT2D eigenvalue weighted by Crippen LogP contribution is -2.52. The summed E-state index contributed by atoms with van der Waals surface area (Å²) >= 11 is 0. The predicted molar refractivity (Wildman–Crippen MR) is 93.7 cm³/mol. The van der Waals surface area contributed by atoms with E-state index in [1.165, 1.54) is 18.2 Å². The molecule has 126 valence electrons. The number of ether oxygens (including phenoxy) is 1. The number of rotatable bonds is 2. The van der Waals surface area contributed by atoms with E-state index in [4.69, 9.17) is 7.48 Å². The van der Waals surface area contributed by atoms with E-state index in [-0.39, 0.29) is 17.3 Å². The minimum Gasteiger partial charge on any atom is -0.469 e. The standard InChI is InChI=1S/C21H30O2/c1-14(2)15-7-9-17-16(13-15)8-10-18-20(17,3)11-6-12-21(18,4)19(22)23-5/h7,9,13-14,18H,6,8,10-12H2,1-5H3/t18?,20-,21-/m1/s1/i10D2. The summed E-state index contributed by atoms with van der Waals surface area (Å²) < 4.78 is 22.8. The zero-order valence-electron chi connectivity index (χ0n) is 17.0. The van der Waals surface area contributed by atoms with Crippen molar-refractivity contribution in [2.45, 2.75) is 71.1 Å². The lowest BCUT2D eigenvalue weighted by atomic mass is 9.49. The van der Waals surface area contributed by atoms with Crippen molar-refractivity contribution in [1.82, 2.24) is 0 Å². The van der Waals surface area contributed by atoms with Crippen molar-refractivity contribution >= 4 is 5.97 Å². The van der Waals surface area contributed by atoms with Gasteiger partial charge in [0.1, 0.15) is 0 Å². The Hall–Kier alpha value is -1.31. The molecule has 0 amide bonds. The number of carbonyl (C=O) groups is 1. The van der Waals surface area contributed by atoms with Crippen molar-refractivity contribution in [1.29, 1.82) is 0 Å². The van der Waals surface area contributed by atoms with Gasteiger partial charge in [-0.1, -0.05) is 45.4 Å². The zero-order valence-corrected chi connectivity index (χ0v) is 15.0. The molecule has 0 heterocycles. The zero-order chi connectivity index (χ0) is 18.6. The number of benzene rings is 1. The molecule has 0 aliphatic heterocycles. The summed E-state index contributed by atoms with van der Waals surface area (Å²) in [5.74, 6) is -0.214. The first-order valence-corrected chi connectivity index (χ1v) is 8.78. The van der Waals surface area contributed by atoms with Crippen LogP contribution in [0.15, 0.2) is 18.2 Å². The highest BCUT2D eigenvalue weighted by Gasteiger charge is 2.55. The molecule has 0 radical (unpaired) electrons. The highest BCUT2D eigenvalue weighted by molar-refractivity contribution is 5.77. The van der Waals surface area contributed by atoms with Crippen LogP contribution >= 0.6 is 0 Å². The van der Waals surface area contributed by atoms with Crippen LogP contribution in [-0.2, 0) is 21.4 Å². The molecule has 3 atom stereocenters. The molecule has 0 aromatic heterocycles. The maximum Gasteiger partial charge on any atom is 0.311 e. The molecule has 1 unspecified atom stereocenters. The molecule has 23 heavy (non-hydrogen) atoms. The van der Waals surface area contributed by atoms with Crippen molar-refractivity contribution < 1.29 is 12.3 Å². The Balaban J connectivity index is 2.19. The summed E-state index contributed by atoms with van der Waals surface area (Å²) in [4.78, 5) is 12.6. The van der Waals surface area contributed by atoms with Crippen molar-refractivity contribution in [2.24, 2.45) is 11.3 Å². The number of hydrogen-bond donors (Lipinski definition) is 0. The van der Waals surface area contributed by atoms with Gasteiger partial charge in [-0.25, -0.2) is 0 Å². The summed E-state index contributed by atoms with van der Waals surface area (Å²) in [7, 11) is 1.42. The summed E-state index contributed by atoms with van der Waals surface area (Å²) in [5.41, 5.74) is 2.48. The van der Waals surface area contributed by atoms with Gasteiger partial charge in [0.2, 0.25) is 0 Å². The van der Waals surface area contributed by atoms with Crippen LogP contribution in [0.4, 0.5) is 0 Å². The van der Waals surface area contributed by atoms with Crippen molar-refractivity contribution in [3.05, 3.63) is 34.9 Å². The fourth-order valence-electron chi connectivity index (χ4n) is 4.90. The molecular weight excluding hydrogens is 284 g/mol. The molecule has 0 bridgehead atoms. The number of fused-ring (bicyclic) bond motifs is 3. The van der Waals surface area contributed by atoms with Crippen LogP contribution in [0.1, 0.15) is 78.7 Å². The maximum absolute atomic E-state index is 12.6. The van der Waals surface area contributed by atoms with Crippen LogP contribution in [0, 0.1) is 11.3 Å². The minimum atomic E-state index is -1.43. The third-order valence-corrected chi connectivity index (χ3v) is 6.23. The van der Waals surface area contributed by atoms with E-state index >= 15 is 0 Å². The molecule has 1 fully saturated rings. The van der Waals surface area contributed by atoms with Crippen LogP contribution < -0.4 is 0 Å². The first-order valence-electron chi connectivity index (χ1n) is 9.78. The first kappa shape index (κ1) is 14.1. The third-order valence-electron chi connectivity index (χ3n) is 6.23. The molecule has 1 aromatic carbocycles. The van der Waals surface area contributed by atoms with E-state index in [0.717, 1.165) is 18.4 Å².